The van der Waals surface area contributed by atoms with Crippen molar-refractivity contribution in [3.05, 3.63) is 64.1 Å². The van der Waals surface area contributed by atoms with Crippen molar-refractivity contribution in [3.8, 4) is 0 Å². The SMILES string of the molecule is CCN(CC(=O)NCc1ccc(F)cc1)c1ncccc1[N+](=O)[O-]. The fourth-order valence-corrected chi connectivity index (χ4v) is 2.14. The largest absolute Gasteiger partial charge is 0.350 e. The second-order valence-electron chi connectivity index (χ2n) is 5.02. The van der Waals surface area contributed by atoms with Crippen molar-refractivity contribution in [1.82, 2.24) is 10.3 Å². The molecule has 1 aromatic carbocycles. The second kappa shape index (κ2) is 8.00. The summed E-state index contributed by atoms with van der Waals surface area (Å²) in [5.74, 6) is -0.493. The molecule has 0 saturated heterocycles. The lowest BCUT2D eigenvalue weighted by Gasteiger charge is -2.20. The zero-order valence-electron chi connectivity index (χ0n) is 13.1. The third-order valence-electron chi connectivity index (χ3n) is 3.38. The number of amides is 1. The van der Waals surface area contributed by atoms with Crippen LogP contribution in [0.4, 0.5) is 15.9 Å². The van der Waals surface area contributed by atoms with Gasteiger partial charge >= 0.3 is 5.69 Å². The van der Waals surface area contributed by atoms with Gasteiger partial charge in [0.15, 0.2) is 0 Å². The van der Waals surface area contributed by atoms with E-state index < -0.39 is 4.92 Å². The van der Waals surface area contributed by atoms with E-state index in [0.29, 0.717) is 6.54 Å². The lowest BCUT2D eigenvalue weighted by molar-refractivity contribution is -0.384. The van der Waals surface area contributed by atoms with Gasteiger partial charge in [-0.05, 0) is 30.7 Å². The second-order valence-corrected chi connectivity index (χ2v) is 5.02. The minimum absolute atomic E-state index is 0.0600. The first kappa shape index (κ1) is 17.3. The molecule has 1 N–H and O–H groups in total. The topological polar surface area (TPSA) is 88.4 Å². The molecule has 1 amide bonds. The average molecular weight is 332 g/mol. The molecule has 0 bridgehead atoms. The third-order valence-corrected chi connectivity index (χ3v) is 3.38. The summed E-state index contributed by atoms with van der Waals surface area (Å²) >= 11 is 0. The van der Waals surface area contributed by atoms with E-state index in [1.807, 2.05) is 0 Å². The van der Waals surface area contributed by atoms with Crippen LogP contribution in [0.3, 0.4) is 0 Å². The zero-order chi connectivity index (χ0) is 17.5. The average Bonchev–Trinajstić information content (AvgIpc) is 2.59. The van der Waals surface area contributed by atoms with E-state index in [-0.39, 0.29) is 36.3 Å². The Balaban J connectivity index is 2.01. The molecule has 1 aromatic heterocycles. The maximum Gasteiger partial charge on any atom is 0.311 e. The number of benzene rings is 1. The fraction of sp³-hybridized carbons (Fsp3) is 0.250. The number of aromatic nitrogens is 1. The van der Waals surface area contributed by atoms with Crippen LogP contribution in [-0.4, -0.2) is 28.9 Å². The van der Waals surface area contributed by atoms with Crippen LogP contribution in [0.2, 0.25) is 0 Å². The van der Waals surface area contributed by atoms with E-state index >= 15 is 0 Å². The van der Waals surface area contributed by atoms with Crippen molar-refractivity contribution >= 4 is 17.4 Å². The molecule has 0 unspecified atom stereocenters. The first-order chi connectivity index (χ1) is 11.5. The first-order valence-corrected chi connectivity index (χ1v) is 7.36. The summed E-state index contributed by atoms with van der Waals surface area (Å²) in [5.41, 5.74) is 0.613. The lowest BCUT2D eigenvalue weighted by atomic mass is 10.2. The molecule has 0 aliphatic rings. The molecule has 0 fully saturated rings. The van der Waals surface area contributed by atoms with Gasteiger partial charge in [0.25, 0.3) is 0 Å². The van der Waals surface area contributed by atoms with Crippen LogP contribution in [0.25, 0.3) is 0 Å². The van der Waals surface area contributed by atoms with Crippen molar-refractivity contribution in [1.29, 1.82) is 0 Å². The van der Waals surface area contributed by atoms with Gasteiger partial charge in [-0.1, -0.05) is 12.1 Å². The summed E-state index contributed by atoms with van der Waals surface area (Å²) in [4.78, 5) is 28.2. The Labute approximate surface area is 138 Å². The molecule has 0 spiro atoms. The number of anilines is 1. The molecule has 0 aliphatic carbocycles. The lowest BCUT2D eigenvalue weighted by Crippen LogP contribution is -2.37. The predicted molar refractivity (Wildman–Crippen MR) is 87.0 cm³/mol. The summed E-state index contributed by atoms with van der Waals surface area (Å²) < 4.78 is 12.8. The molecule has 1 heterocycles. The minimum Gasteiger partial charge on any atom is -0.350 e. The quantitative estimate of drug-likeness (QED) is 0.621. The van der Waals surface area contributed by atoms with E-state index in [1.54, 1.807) is 19.1 Å². The number of nitro groups is 1. The van der Waals surface area contributed by atoms with Gasteiger partial charge < -0.3 is 10.2 Å². The van der Waals surface area contributed by atoms with Crippen LogP contribution in [-0.2, 0) is 11.3 Å². The van der Waals surface area contributed by atoms with Gasteiger partial charge in [-0.15, -0.1) is 0 Å². The highest BCUT2D eigenvalue weighted by Crippen LogP contribution is 2.24. The molecule has 2 aromatic rings. The molecular weight excluding hydrogens is 315 g/mol. The Kier molecular flexibility index (Phi) is 5.78. The predicted octanol–water partition coefficient (Wildman–Crippen LogP) is 2.27. The van der Waals surface area contributed by atoms with Crippen LogP contribution in [0.15, 0.2) is 42.6 Å². The summed E-state index contributed by atoms with van der Waals surface area (Å²) in [6, 6.07) is 8.62. The molecule has 126 valence electrons. The number of rotatable bonds is 7. The van der Waals surface area contributed by atoms with Gasteiger partial charge in [-0.2, -0.15) is 0 Å². The van der Waals surface area contributed by atoms with Gasteiger partial charge in [0, 0.05) is 25.4 Å². The molecule has 2 rings (SSSR count). The molecule has 0 saturated carbocycles. The van der Waals surface area contributed by atoms with Crippen LogP contribution in [0, 0.1) is 15.9 Å². The van der Waals surface area contributed by atoms with Crippen molar-refractivity contribution in [3.63, 3.8) is 0 Å². The number of pyridine rings is 1. The highest BCUT2D eigenvalue weighted by Gasteiger charge is 2.21. The maximum atomic E-state index is 12.8. The van der Waals surface area contributed by atoms with E-state index in [2.05, 4.69) is 10.3 Å². The monoisotopic (exact) mass is 332 g/mol. The Morgan fingerprint density at radius 1 is 1.33 bits per heavy atom. The third kappa shape index (κ3) is 4.48. The van der Waals surface area contributed by atoms with Gasteiger partial charge in [-0.25, -0.2) is 9.37 Å². The standard InChI is InChI=1S/C16H17FN4O3/c1-2-20(16-14(21(23)24)4-3-9-18-16)11-15(22)19-10-12-5-7-13(17)8-6-12/h3-9H,2,10-11H2,1H3,(H,19,22). The zero-order valence-corrected chi connectivity index (χ0v) is 13.1. The highest BCUT2D eigenvalue weighted by atomic mass is 19.1. The summed E-state index contributed by atoms with van der Waals surface area (Å²) in [7, 11) is 0. The van der Waals surface area contributed by atoms with Crippen LogP contribution >= 0.6 is 0 Å². The number of carbonyl (C=O) groups excluding carboxylic acids is 1. The maximum absolute atomic E-state index is 12.8. The van der Waals surface area contributed by atoms with Gasteiger partial charge in [0.05, 0.1) is 11.5 Å². The summed E-state index contributed by atoms with van der Waals surface area (Å²) in [6.07, 6.45) is 1.45. The smallest absolute Gasteiger partial charge is 0.311 e. The Morgan fingerprint density at radius 3 is 2.67 bits per heavy atom. The number of nitrogens with zero attached hydrogens (tertiary/aromatic N) is 3. The molecule has 0 radical (unpaired) electrons. The van der Waals surface area contributed by atoms with E-state index in [9.17, 15) is 19.3 Å². The van der Waals surface area contributed by atoms with Crippen molar-refractivity contribution in [2.24, 2.45) is 0 Å². The molecule has 0 atom stereocenters. The van der Waals surface area contributed by atoms with E-state index in [1.165, 1.54) is 35.4 Å². The molecule has 24 heavy (non-hydrogen) atoms. The van der Waals surface area contributed by atoms with Crippen molar-refractivity contribution in [2.45, 2.75) is 13.5 Å². The number of carbonyl (C=O) groups is 1. The number of hydrogen-bond donors (Lipinski definition) is 1. The van der Waals surface area contributed by atoms with Gasteiger partial charge in [0.2, 0.25) is 11.7 Å². The molecule has 0 aliphatic heterocycles. The summed E-state index contributed by atoms with van der Waals surface area (Å²) in [6.45, 7) is 2.37. The van der Waals surface area contributed by atoms with Gasteiger partial charge in [0.1, 0.15) is 5.82 Å². The number of halogens is 1. The normalized spacial score (nSPS) is 10.2. The number of hydrogen-bond acceptors (Lipinski definition) is 5. The van der Waals surface area contributed by atoms with Crippen molar-refractivity contribution < 1.29 is 14.1 Å². The van der Waals surface area contributed by atoms with Crippen LogP contribution in [0.1, 0.15) is 12.5 Å². The van der Waals surface area contributed by atoms with Crippen LogP contribution < -0.4 is 10.2 Å². The highest BCUT2D eigenvalue weighted by molar-refractivity contribution is 5.81. The van der Waals surface area contributed by atoms with Crippen LogP contribution in [0.5, 0.6) is 0 Å². The van der Waals surface area contributed by atoms with E-state index in [4.69, 9.17) is 0 Å². The fourth-order valence-electron chi connectivity index (χ4n) is 2.14. The van der Waals surface area contributed by atoms with Crippen molar-refractivity contribution in [2.75, 3.05) is 18.0 Å². The first-order valence-electron chi connectivity index (χ1n) is 7.36. The molecule has 7 nitrogen and oxygen atoms in total. The van der Waals surface area contributed by atoms with Gasteiger partial charge in [-0.3, -0.25) is 14.9 Å². The number of likely N-dealkylation sites (N-methyl/N-ethyl adjacent to an activating group) is 1. The number of nitrogens with one attached hydrogen (secondary N) is 1. The Hall–Kier alpha value is -3.03. The molecular formula is C16H17FN4O3. The summed E-state index contributed by atoms with van der Waals surface area (Å²) in [5, 5.41) is 13.8. The minimum atomic E-state index is -0.526. The van der Waals surface area contributed by atoms with E-state index in [0.717, 1.165) is 5.56 Å². The Morgan fingerprint density at radius 2 is 2.04 bits per heavy atom. The molecule has 8 heteroatoms. The Bertz CT molecular complexity index is 722.